The lowest BCUT2D eigenvalue weighted by molar-refractivity contribution is 0.724. The summed E-state index contributed by atoms with van der Waals surface area (Å²) in [5.41, 5.74) is 2.88. The largest absolute Gasteiger partial charge is 0.317 e. The smallest absolute Gasteiger partial charge is 0.00143 e. The number of hydrogen-bond donors (Lipinski definition) is 1. The zero-order valence-corrected chi connectivity index (χ0v) is 11.9. The summed E-state index contributed by atoms with van der Waals surface area (Å²) in [4.78, 5) is 0. The molecule has 1 nitrogen and oxygen atoms in total. The monoisotopic (exact) mass is 253 g/mol. The summed E-state index contributed by atoms with van der Waals surface area (Å²) in [7, 11) is 0. The average molecular weight is 253 g/mol. The molecule has 0 saturated carbocycles. The quantitative estimate of drug-likeness (QED) is 0.597. The van der Waals surface area contributed by atoms with Crippen molar-refractivity contribution in [3.8, 4) is 0 Å². The summed E-state index contributed by atoms with van der Waals surface area (Å²) in [5.74, 6) is 0. The lowest BCUT2D eigenvalue weighted by Gasteiger charge is -2.07. The van der Waals surface area contributed by atoms with Crippen molar-refractivity contribution in [1.82, 2.24) is 5.32 Å². The molecule has 0 bridgehead atoms. The van der Waals surface area contributed by atoms with Gasteiger partial charge in [0.15, 0.2) is 0 Å². The highest BCUT2D eigenvalue weighted by Gasteiger charge is 2.00. The fourth-order valence-corrected chi connectivity index (χ4v) is 2.42. The Morgan fingerprint density at radius 3 is 2.74 bits per heavy atom. The minimum atomic E-state index is 1.05. The van der Waals surface area contributed by atoms with E-state index in [4.69, 9.17) is 0 Å². The molecule has 1 heteroatoms. The predicted octanol–water partition coefficient (Wildman–Crippen LogP) is 4.33. The van der Waals surface area contributed by atoms with Crippen LogP contribution in [0.1, 0.15) is 25.8 Å². The number of rotatable bonds is 6. The van der Waals surface area contributed by atoms with Gasteiger partial charge in [0.25, 0.3) is 0 Å². The molecule has 2 aromatic carbocycles. The molecule has 0 aliphatic heterocycles. The molecule has 19 heavy (non-hydrogen) atoms. The van der Waals surface area contributed by atoms with Gasteiger partial charge in [-0.05, 0) is 49.2 Å². The van der Waals surface area contributed by atoms with Gasteiger partial charge in [-0.25, -0.2) is 0 Å². The van der Waals surface area contributed by atoms with E-state index in [1.807, 2.05) is 0 Å². The Bertz CT molecular complexity index is 549. The maximum atomic E-state index is 3.35. The molecule has 0 spiro atoms. The maximum absolute atomic E-state index is 3.35. The summed E-state index contributed by atoms with van der Waals surface area (Å²) in [6, 6.07) is 15.2. The third-order valence-corrected chi connectivity index (χ3v) is 3.41. The van der Waals surface area contributed by atoms with Crippen LogP contribution in [0.25, 0.3) is 10.8 Å². The number of benzene rings is 2. The molecule has 2 rings (SSSR count). The van der Waals surface area contributed by atoms with Crippen molar-refractivity contribution in [3.05, 3.63) is 59.7 Å². The number of hydrogen-bond acceptors (Lipinski definition) is 1. The second kappa shape index (κ2) is 7.10. The van der Waals surface area contributed by atoms with Crippen LogP contribution in [0.5, 0.6) is 0 Å². The Morgan fingerprint density at radius 1 is 1.11 bits per heavy atom. The van der Waals surface area contributed by atoms with Crippen LogP contribution in [0.3, 0.4) is 0 Å². The Balaban J connectivity index is 2.08. The second-order valence-electron chi connectivity index (χ2n) is 5.01. The zero-order chi connectivity index (χ0) is 13.5. The molecule has 0 fully saturated rings. The van der Waals surface area contributed by atoms with Gasteiger partial charge in [0.05, 0.1) is 0 Å². The number of allylic oxidation sites excluding steroid dienone is 1. The highest BCUT2D eigenvalue weighted by Crippen LogP contribution is 2.21. The zero-order valence-electron chi connectivity index (χ0n) is 11.9. The van der Waals surface area contributed by atoms with Gasteiger partial charge in [0.2, 0.25) is 0 Å². The van der Waals surface area contributed by atoms with Crippen molar-refractivity contribution >= 4 is 10.8 Å². The summed E-state index contributed by atoms with van der Waals surface area (Å²) in [6.45, 7) is 6.50. The fraction of sp³-hybridized carbons (Fsp3) is 0.333. The Hall–Kier alpha value is -1.60. The van der Waals surface area contributed by atoms with Crippen molar-refractivity contribution in [1.29, 1.82) is 0 Å². The molecule has 0 radical (unpaired) electrons. The number of nitrogens with one attached hydrogen (secondary N) is 1. The third-order valence-electron chi connectivity index (χ3n) is 3.41. The molecular weight excluding hydrogens is 230 g/mol. The second-order valence-corrected chi connectivity index (χ2v) is 5.01. The van der Waals surface area contributed by atoms with Crippen LogP contribution in [-0.4, -0.2) is 13.1 Å². The molecule has 0 atom stereocenters. The first-order valence-electron chi connectivity index (χ1n) is 7.14. The van der Waals surface area contributed by atoms with Gasteiger partial charge >= 0.3 is 0 Å². The van der Waals surface area contributed by atoms with Crippen LogP contribution in [-0.2, 0) is 6.42 Å². The number of fused-ring (bicyclic) bond motifs is 1. The summed E-state index contributed by atoms with van der Waals surface area (Å²) in [5, 5.41) is 6.07. The SMILES string of the molecule is CCNCCC=C(C)Cc1cccc2ccccc12. The van der Waals surface area contributed by atoms with Crippen molar-refractivity contribution in [2.45, 2.75) is 26.7 Å². The fourth-order valence-electron chi connectivity index (χ4n) is 2.42. The van der Waals surface area contributed by atoms with E-state index in [0.29, 0.717) is 0 Å². The Morgan fingerprint density at radius 2 is 1.89 bits per heavy atom. The van der Waals surface area contributed by atoms with Gasteiger partial charge in [0.1, 0.15) is 0 Å². The van der Waals surface area contributed by atoms with E-state index in [1.54, 1.807) is 0 Å². The molecule has 0 aliphatic carbocycles. The lowest BCUT2D eigenvalue weighted by atomic mass is 9.99. The summed E-state index contributed by atoms with van der Waals surface area (Å²) in [6.07, 6.45) is 4.52. The molecule has 0 unspecified atom stereocenters. The van der Waals surface area contributed by atoms with Crippen molar-refractivity contribution in [2.75, 3.05) is 13.1 Å². The van der Waals surface area contributed by atoms with Crippen LogP contribution < -0.4 is 5.32 Å². The van der Waals surface area contributed by atoms with Gasteiger partial charge in [0, 0.05) is 0 Å². The predicted molar refractivity (Wildman–Crippen MR) is 84.6 cm³/mol. The first kappa shape index (κ1) is 13.8. The van der Waals surface area contributed by atoms with Crippen molar-refractivity contribution < 1.29 is 0 Å². The third kappa shape index (κ3) is 3.93. The molecule has 0 aliphatic rings. The maximum Gasteiger partial charge on any atom is -0.00143 e. The lowest BCUT2D eigenvalue weighted by Crippen LogP contribution is -2.13. The van der Waals surface area contributed by atoms with Crippen LogP contribution in [0.2, 0.25) is 0 Å². The molecule has 100 valence electrons. The molecule has 0 heterocycles. The van der Waals surface area contributed by atoms with Crippen LogP contribution in [0.15, 0.2) is 54.1 Å². The van der Waals surface area contributed by atoms with Crippen LogP contribution in [0, 0.1) is 0 Å². The minimum Gasteiger partial charge on any atom is -0.317 e. The summed E-state index contributed by atoms with van der Waals surface area (Å²) >= 11 is 0. The molecule has 0 saturated heterocycles. The Kier molecular flexibility index (Phi) is 5.17. The molecule has 1 N–H and O–H groups in total. The highest BCUT2D eigenvalue weighted by molar-refractivity contribution is 5.85. The van der Waals surface area contributed by atoms with E-state index in [9.17, 15) is 0 Å². The normalized spacial score (nSPS) is 12.0. The van der Waals surface area contributed by atoms with Gasteiger partial charge in [-0.15, -0.1) is 0 Å². The standard InChI is InChI=1S/C18H23N/c1-3-19-13-7-8-15(2)14-17-11-6-10-16-9-4-5-12-18(16)17/h4-6,8-12,19H,3,7,13-14H2,1-2H3. The first-order chi connectivity index (χ1) is 9.31. The molecule has 0 amide bonds. The van der Waals surface area contributed by atoms with E-state index in [0.717, 1.165) is 25.9 Å². The van der Waals surface area contributed by atoms with E-state index in [1.165, 1.54) is 21.9 Å². The van der Waals surface area contributed by atoms with Gasteiger partial charge in [-0.1, -0.05) is 61.0 Å². The molecule has 0 aromatic heterocycles. The van der Waals surface area contributed by atoms with Crippen molar-refractivity contribution in [3.63, 3.8) is 0 Å². The Labute approximate surface area is 116 Å². The van der Waals surface area contributed by atoms with Crippen LogP contribution >= 0.6 is 0 Å². The topological polar surface area (TPSA) is 12.0 Å². The minimum absolute atomic E-state index is 1.05. The van der Waals surface area contributed by atoms with E-state index in [-0.39, 0.29) is 0 Å². The first-order valence-corrected chi connectivity index (χ1v) is 7.14. The highest BCUT2D eigenvalue weighted by atomic mass is 14.8. The summed E-state index contributed by atoms with van der Waals surface area (Å²) < 4.78 is 0. The average Bonchev–Trinajstić information content (AvgIpc) is 2.44. The van der Waals surface area contributed by atoms with Gasteiger partial charge in [-0.3, -0.25) is 0 Å². The van der Waals surface area contributed by atoms with Crippen LogP contribution in [0.4, 0.5) is 0 Å². The van der Waals surface area contributed by atoms with E-state index in [2.05, 4.69) is 67.7 Å². The van der Waals surface area contributed by atoms with E-state index >= 15 is 0 Å². The van der Waals surface area contributed by atoms with E-state index < -0.39 is 0 Å². The van der Waals surface area contributed by atoms with Crippen molar-refractivity contribution in [2.24, 2.45) is 0 Å². The van der Waals surface area contributed by atoms with Gasteiger partial charge < -0.3 is 5.32 Å². The molecular formula is C18H23N. The van der Waals surface area contributed by atoms with Gasteiger partial charge in [-0.2, -0.15) is 0 Å². The molecule has 2 aromatic rings.